The molecule has 1 rings (SSSR count). The quantitative estimate of drug-likeness (QED) is 0.432. The molecule has 6 nitrogen and oxygen atoms in total. The van der Waals surface area contributed by atoms with E-state index in [2.05, 4.69) is 60.6 Å². The number of benzene rings is 1. The Balaban J connectivity index is 0.00000245. The van der Waals surface area contributed by atoms with E-state index >= 15 is 0 Å². The lowest BCUT2D eigenvalue weighted by molar-refractivity contribution is 0.121. The third-order valence-corrected chi connectivity index (χ3v) is 7.49. The second-order valence-electron chi connectivity index (χ2n) is 9.02. The van der Waals surface area contributed by atoms with E-state index in [0.29, 0.717) is 6.61 Å². The van der Waals surface area contributed by atoms with Crippen LogP contribution < -0.4 is 4.74 Å². The van der Waals surface area contributed by atoms with Gasteiger partial charge in [0, 0.05) is 38.5 Å². The van der Waals surface area contributed by atoms with Crippen molar-refractivity contribution in [3.63, 3.8) is 0 Å². The first kappa shape index (κ1) is 27.9. The van der Waals surface area contributed by atoms with Crippen molar-refractivity contribution in [2.24, 2.45) is 0 Å². The SMILES string of the molecule is CO[Si](CCCOc1c(C(C)(C)C)cc(C)cc1C(C)(C)C)(OC)OC.O=[Si]=O. The summed E-state index contributed by atoms with van der Waals surface area (Å²) < 4.78 is 39.7. The van der Waals surface area contributed by atoms with Gasteiger partial charge in [-0.15, -0.1) is 0 Å². The molecule has 0 aliphatic carbocycles. The van der Waals surface area contributed by atoms with E-state index in [4.69, 9.17) is 26.9 Å². The molecule has 0 bridgehead atoms. The second kappa shape index (κ2) is 12.0. The summed E-state index contributed by atoms with van der Waals surface area (Å²) in [6, 6.07) is 5.24. The molecule has 0 amide bonds. The minimum absolute atomic E-state index is 0.0193. The van der Waals surface area contributed by atoms with Gasteiger partial charge in [-0.05, 0) is 24.2 Å². The number of aryl methyl sites for hydroxylation is 1. The predicted molar refractivity (Wildman–Crippen MR) is 117 cm³/mol. The van der Waals surface area contributed by atoms with E-state index in [9.17, 15) is 0 Å². The van der Waals surface area contributed by atoms with E-state index in [1.807, 2.05) is 0 Å². The molecule has 8 heteroatoms. The smallest absolute Gasteiger partial charge is 0.493 e. The molecule has 0 aliphatic heterocycles. The number of hydrogen-bond donors (Lipinski definition) is 0. The number of rotatable bonds is 8. The molecule has 0 aromatic heterocycles. The summed E-state index contributed by atoms with van der Waals surface area (Å²) in [6.07, 6.45) is 0.822. The van der Waals surface area contributed by atoms with Gasteiger partial charge < -0.3 is 18.0 Å². The first-order valence-corrected chi connectivity index (χ1v) is 12.5. The molecular formula is C21H38O6Si2. The lowest BCUT2D eigenvalue weighted by Gasteiger charge is -2.30. The van der Waals surface area contributed by atoms with Gasteiger partial charge in [0.15, 0.2) is 0 Å². The summed E-state index contributed by atoms with van der Waals surface area (Å²) in [5.74, 6) is 1.02. The van der Waals surface area contributed by atoms with Crippen LogP contribution in [0.25, 0.3) is 0 Å². The van der Waals surface area contributed by atoms with Crippen molar-refractivity contribution in [2.45, 2.75) is 71.8 Å². The van der Waals surface area contributed by atoms with E-state index in [1.165, 1.54) is 16.7 Å². The van der Waals surface area contributed by atoms with Crippen LogP contribution in [0, 0.1) is 6.92 Å². The van der Waals surface area contributed by atoms with Crippen LogP contribution in [-0.4, -0.2) is 46.0 Å². The fourth-order valence-electron chi connectivity index (χ4n) is 3.06. The zero-order chi connectivity index (χ0) is 22.9. The Hall–Kier alpha value is -1.07. The second-order valence-corrected chi connectivity index (χ2v) is 12.3. The van der Waals surface area contributed by atoms with E-state index in [1.54, 1.807) is 21.3 Å². The lowest BCUT2D eigenvalue weighted by Crippen LogP contribution is -2.42. The first-order valence-electron chi connectivity index (χ1n) is 9.75. The Kier molecular flexibility index (Phi) is 11.5. The van der Waals surface area contributed by atoms with Gasteiger partial charge in [0.05, 0.1) is 6.61 Å². The summed E-state index contributed by atoms with van der Waals surface area (Å²) >= 11 is 0. The summed E-state index contributed by atoms with van der Waals surface area (Å²) in [6.45, 7) is 16.2. The molecule has 0 fully saturated rings. The highest BCUT2D eigenvalue weighted by Crippen LogP contribution is 2.40. The van der Waals surface area contributed by atoms with Crippen molar-refractivity contribution < 1.29 is 26.9 Å². The molecule has 0 N–H and O–H groups in total. The molecule has 0 atom stereocenters. The van der Waals surface area contributed by atoms with Gasteiger partial charge in [-0.25, -0.2) is 0 Å². The van der Waals surface area contributed by atoms with Crippen LogP contribution in [-0.2, 0) is 33.0 Å². The third kappa shape index (κ3) is 8.68. The highest BCUT2D eigenvalue weighted by molar-refractivity contribution is 6.60. The average molecular weight is 443 g/mol. The Morgan fingerprint density at radius 3 is 1.55 bits per heavy atom. The van der Waals surface area contributed by atoms with Gasteiger partial charge in [0.25, 0.3) is 0 Å². The summed E-state index contributed by atoms with van der Waals surface area (Å²) in [4.78, 5) is 0. The lowest BCUT2D eigenvalue weighted by atomic mass is 9.78. The maximum Gasteiger partial charge on any atom is 0.549 e. The van der Waals surface area contributed by atoms with Gasteiger partial charge in [0.1, 0.15) is 5.75 Å². The topological polar surface area (TPSA) is 71.1 Å². The molecule has 0 radical (unpaired) electrons. The Bertz CT molecular complexity index is 623. The van der Waals surface area contributed by atoms with Crippen LogP contribution in [0.4, 0.5) is 0 Å². The molecule has 1 aromatic carbocycles. The van der Waals surface area contributed by atoms with Gasteiger partial charge in [-0.2, -0.15) is 0 Å². The molecule has 0 spiro atoms. The van der Waals surface area contributed by atoms with Crippen molar-refractivity contribution >= 4 is 18.1 Å². The highest BCUT2D eigenvalue weighted by Gasteiger charge is 2.37. The van der Waals surface area contributed by atoms with Crippen molar-refractivity contribution in [1.82, 2.24) is 0 Å². The highest BCUT2D eigenvalue weighted by atomic mass is 28.4. The van der Waals surface area contributed by atoms with Crippen LogP contribution in [0.3, 0.4) is 0 Å². The van der Waals surface area contributed by atoms with Crippen molar-refractivity contribution in [3.05, 3.63) is 28.8 Å². The largest absolute Gasteiger partial charge is 0.549 e. The van der Waals surface area contributed by atoms with Gasteiger partial charge in [-0.1, -0.05) is 59.2 Å². The van der Waals surface area contributed by atoms with E-state index in [-0.39, 0.29) is 10.8 Å². The summed E-state index contributed by atoms with van der Waals surface area (Å²) in [5.41, 5.74) is 3.83. The monoisotopic (exact) mass is 442 g/mol. The molecule has 0 saturated heterocycles. The van der Waals surface area contributed by atoms with Crippen molar-refractivity contribution in [2.75, 3.05) is 27.9 Å². The molecule has 0 saturated carbocycles. The maximum atomic E-state index is 8.40. The third-order valence-electron chi connectivity index (χ3n) is 4.66. The normalized spacial score (nSPS) is 12.1. The van der Waals surface area contributed by atoms with Crippen molar-refractivity contribution in [1.29, 1.82) is 0 Å². The maximum absolute atomic E-state index is 8.40. The molecule has 0 unspecified atom stereocenters. The van der Waals surface area contributed by atoms with Crippen LogP contribution in [0.2, 0.25) is 6.04 Å². The minimum Gasteiger partial charge on any atom is -0.493 e. The van der Waals surface area contributed by atoms with Gasteiger partial charge >= 0.3 is 18.1 Å². The zero-order valence-corrected chi connectivity index (χ0v) is 21.7. The summed E-state index contributed by atoms with van der Waals surface area (Å²) in [5, 5.41) is 0. The van der Waals surface area contributed by atoms with Crippen LogP contribution in [0.15, 0.2) is 12.1 Å². The number of ether oxygens (including phenoxy) is 1. The Morgan fingerprint density at radius 2 is 1.24 bits per heavy atom. The molecule has 0 aliphatic rings. The fraction of sp³-hybridized carbons (Fsp3) is 0.714. The van der Waals surface area contributed by atoms with E-state index < -0.39 is 18.1 Å². The Morgan fingerprint density at radius 1 is 0.862 bits per heavy atom. The van der Waals surface area contributed by atoms with Gasteiger partial charge in [0.2, 0.25) is 0 Å². The molecular weight excluding hydrogens is 404 g/mol. The average Bonchev–Trinajstić information content (AvgIpc) is 2.62. The van der Waals surface area contributed by atoms with Gasteiger partial charge in [-0.3, -0.25) is 8.92 Å². The van der Waals surface area contributed by atoms with Crippen LogP contribution in [0.1, 0.15) is 64.7 Å². The Labute approximate surface area is 179 Å². The molecule has 29 heavy (non-hydrogen) atoms. The standard InChI is InChI=1S/C21H38O4Si.O2Si/c1-16-14-17(20(2,3)4)19(18(15-16)21(5,6)7)25-12-11-13-26(22-8,23-9)24-10;1-3-2/h14-15H,11-13H2,1-10H3;. The van der Waals surface area contributed by atoms with Crippen LogP contribution >= 0.6 is 0 Å². The first-order chi connectivity index (χ1) is 13.3. The van der Waals surface area contributed by atoms with Crippen LogP contribution in [0.5, 0.6) is 5.75 Å². The molecule has 166 valence electrons. The fourth-order valence-corrected chi connectivity index (χ4v) is 4.75. The predicted octanol–water partition coefficient (Wildman–Crippen LogP) is 4.62. The number of hydrogen-bond acceptors (Lipinski definition) is 6. The van der Waals surface area contributed by atoms with Crippen molar-refractivity contribution in [3.8, 4) is 5.75 Å². The zero-order valence-electron chi connectivity index (χ0n) is 19.7. The molecule has 1 aromatic rings. The van der Waals surface area contributed by atoms with E-state index in [0.717, 1.165) is 18.2 Å². The molecule has 0 heterocycles. The minimum atomic E-state index is -2.54. The summed E-state index contributed by atoms with van der Waals surface area (Å²) in [7, 11) is 0.983.